The van der Waals surface area contributed by atoms with Gasteiger partial charge in [-0.15, -0.1) is 0 Å². The SMILES string of the molecule is Clc1ccc2nc(N/N=C/c3cc4ccccc4[nH]3)nc(-c3ccccc3)c2c1. The van der Waals surface area contributed by atoms with E-state index < -0.39 is 0 Å². The number of hydrazone groups is 1. The van der Waals surface area contributed by atoms with E-state index in [1.54, 1.807) is 6.21 Å². The number of rotatable bonds is 4. The molecule has 5 rings (SSSR count). The van der Waals surface area contributed by atoms with E-state index in [1.165, 1.54) is 0 Å². The zero-order valence-electron chi connectivity index (χ0n) is 15.3. The number of fused-ring (bicyclic) bond motifs is 2. The molecule has 6 heteroatoms. The van der Waals surface area contributed by atoms with Gasteiger partial charge in [0.15, 0.2) is 0 Å². The predicted molar refractivity (Wildman–Crippen MR) is 119 cm³/mol. The van der Waals surface area contributed by atoms with E-state index in [-0.39, 0.29) is 0 Å². The van der Waals surface area contributed by atoms with Crippen molar-refractivity contribution in [1.82, 2.24) is 15.0 Å². The van der Waals surface area contributed by atoms with Crippen LogP contribution in [0.15, 0.2) is 84.0 Å². The maximum atomic E-state index is 6.20. The molecule has 2 heterocycles. The van der Waals surface area contributed by atoms with Crippen LogP contribution in [0.1, 0.15) is 5.69 Å². The van der Waals surface area contributed by atoms with Gasteiger partial charge >= 0.3 is 0 Å². The van der Waals surface area contributed by atoms with Gasteiger partial charge in [-0.2, -0.15) is 5.10 Å². The standard InChI is InChI=1S/C23H16ClN5/c24-17-10-11-21-19(13-17)22(15-6-2-1-3-7-15)28-23(27-21)29-25-14-18-12-16-8-4-5-9-20(16)26-18/h1-14,26H,(H,27,28,29)/b25-14+. The second kappa shape index (κ2) is 7.37. The van der Waals surface area contributed by atoms with E-state index in [9.17, 15) is 0 Å². The van der Waals surface area contributed by atoms with Gasteiger partial charge in [-0.25, -0.2) is 15.4 Å². The van der Waals surface area contributed by atoms with Gasteiger partial charge in [0, 0.05) is 26.9 Å². The van der Waals surface area contributed by atoms with Crippen LogP contribution >= 0.6 is 11.6 Å². The number of anilines is 1. The van der Waals surface area contributed by atoms with Gasteiger partial charge in [0.1, 0.15) is 0 Å². The average molecular weight is 398 g/mol. The molecule has 0 spiro atoms. The Hall–Kier alpha value is -3.70. The van der Waals surface area contributed by atoms with Gasteiger partial charge in [0.05, 0.1) is 23.1 Å². The molecule has 0 atom stereocenters. The van der Waals surface area contributed by atoms with Crippen LogP contribution in [-0.2, 0) is 0 Å². The van der Waals surface area contributed by atoms with Crippen LogP contribution in [0, 0.1) is 0 Å². The molecule has 0 bridgehead atoms. The average Bonchev–Trinajstić information content (AvgIpc) is 3.17. The van der Waals surface area contributed by atoms with Gasteiger partial charge < -0.3 is 4.98 Å². The summed E-state index contributed by atoms with van der Waals surface area (Å²) in [4.78, 5) is 12.6. The highest BCUT2D eigenvalue weighted by molar-refractivity contribution is 6.31. The van der Waals surface area contributed by atoms with Crippen molar-refractivity contribution in [3.8, 4) is 11.3 Å². The molecule has 0 aliphatic rings. The lowest BCUT2D eigenvalue weighted by molar-refractivity contribution is 1.15. The number of aromatic nitrogens is 3. The second-order valence-corrected chi connectivity index (χ2v) is 7.04. The highest BCUT2D eigenvalue weighted by Gasteiger charge is 2.10. The number of aromatic amines is 1. The molecule has 0 fully saturated rings. The number of hydrogen-bond acceptors (Lipinski definition) is 4. The Kier molecular flexibility index (Phi) is 4.42. The number of H-pyrrole nitrogens is 1. The number of halogens is 1. The highest BCUT2D eigenvalue weighted by atomic mass is 35.5. The van der Waals surface area contributed by atoms with Crippen LogP contribution in [0.2, 0.25) is 5.02 Å². The molecule has 0 amide bonds. The Bertz CT molecular complexity index is 1310. The number of hydrogen-bond donors (Lipinski definition) is 2. The quantitative estimate of drug-likeness (QED) is 0.294. The van der Waals surface area contributed by atoms with Crippen molar-refractivity contribution in [2.24, 2.45) is 5.10 Å². The largest absolute Gasteiger partial charge is 0.354 e. The third kappa shape index (κ3) is 3.56. The van der Waals surface area contributed by atoms with E-state index in [1.807, 2.05) is 72.8 Å². The van der Waals surface area contributed by atoms with Crippen LogP contribution in [0.3, 0.4) is 0 Å². The summed E-state index contributed by atoms with van der Waals surface area (Å²) < 4.78 is 0. The van der Waals surface area contributed by atoms with E-state index in [4.69, 9.17) is 11.6 Å². The minimum absolute atomic E-state index is 0.422. The Morgan fingerprint density at radius 1 is 0.897 bits per heavy atom. The number of para-hydroxylation sites is 1. The fourth-order valence-corrected chi connectivity index (χ4v) is 3.46. The van der Waals surface area contributed by atoms with E-state index in [0.717, 1.165) is 38.8 Å². The summed E-state index contributed by atoms with van der Waals surface area (Å²) in [6.45, 7) is 0. The van der Waals surface area contributed by atoms with Crippen LogP contribution < -0.4 is 5.43 Å². The van der Waals surface area contributed by atoms with Crippen molar-refractivity contribution in [2.45, 2.75) is 0 Å². The molecule has 0 saturated heterocycles. The molecular weight excluding hydrogens is 382 g/mol. The fraction of sp³-hybridized carbons (Fsp3) is 0. The van der Waals surface area contributed by atoms with Crippen molar-refractivity contribution in [1.29, 1.82) is 0 Å². The highest BCUT2D eigenvalue weighted by Crippen LogP contribution is 2.29. The Balaban J connectivity index is 1.50. The molecule has 140 valence electrons. The first kappa shape index (κ1) is 17.4. The van der Waals surface area contributed by atoms with E-state index in [0.29, 0.717) is 11.0 Å². The zero-order chi connectivity index (χ0) is 19.6. The fourth-order valence-electron chi connectivity index (χ4n) is 3.29. The minimum atomic E-state index is 0.422. The van der Waals surface area contributed by atoms with Crippen LogP contribution in [0.25, 0.3) is 33.1 Å². The van der Waals surface area contributed by atoms with Crippen LogP contribution in [0.4, 0.5) is 5.95 Å². The maximum Gasteiger partial charge on any atom is 0.244 e. The number of nitrogens with zero attached hydrogens (tertiary/aromatic N) is 3. The smallest absolute Gasteiger partial charge is 0.244 e. The molecule has 0 aliphatic carbocycles. The monoisotopic (exact) mass is 397 g/mol. The summed E-state index contributed by atoms with van der Waals surface area (Å²) in [5.74, 6) is 0.422. The molecule has 29 heavy (non-hydrogen) atoms. The molecule has 0 saturated carbocycles. The normalized spacial score (nSPS) is 11.5. The summed E-state index contributed by atoms with van der Waals surface area (Å²) in [6, 6.07) is 25.7. The minimum Gasteiger partial charge on any atom is -0.354 e. The predicted octanol–water partition coefficient (Wildman–Crippen LogP) is 5.88. The number of nitrogens with one attached hydrogen (secondary N) is 2. The molecule has 0 radical (unpaired) electrons. The first-order valence-electron chi connectivity index (χ1n) is 9.16. The Morgan fingerprint density at radius 2 is 1.72 bits per heavy atom. The van der Waals surface area contributed by atoms with Crippen LogP contribution in [0.5, 0.6) is 0 Å². The molecule has 2 aromatic heterocycles. The number of benzene rings is 3. The Morgan fingerprint density at radius 3 is 2.59 bits per heavy atom. The van der Waals surface area contributed by atoms with Crippen LogP contribution in [-0.4, -0.2) is 21.2 Å². The summed E-state index contributed by atoms with van der Waals surface area (Å²) in [5.41, 5.74) is 7.51. The lowest BCUT2D eigenvalue weighted by Gasteiger charge is -2.09. The van der Waals surface area contributed by atoms with Crippen molar-refractivity contribution >= 4 is 45.6 Å². The first-order chi connectivity index (χ1) is 14.3. The Labute approximate surface area is 172 Å². The zero-order valence-corrected chi connectivity index (χ0v) is 16.1. The third-order valence-electron chi connectivity index (χ3n) is 4.62. The topological polar surface area (TPSA) is 66.0 Å². The second-order valence-electron chi connectivity index (χ2n) is 6.61. The first-order valence-corrected chi connectivity index (χ1v) is 9.54. The van der Waals surface area contributed by atoms with Gasteiger partial charge in [-0.05, 0) is 30.3 Å². The van der Waals surface area contributed by atoms with Gasteiger partial charge in [-0.3, -0.25) is 0 Å². The maximum absolute atomic E-state index is 6.20. The lowest BCUT2D eigenvalue weighted by Crippen LogP contribution is -2.00. The molecular formula is C23H16ClN5. The van der Waals surface area contributed by atoms with Gasteiger partial charge in [0.25, 0.3) is 0 Å². The van der Waals surface area contributed by atoms with E-state index >= 15 is 0 Å². The summed E-state index contributed by atoms with van der Waals surface area (Å²) in [7, 11) is 0. The molecule has 3 aromatic carbocycles. The molecule has 5 aromatic rings. The third-order valence-corrected chi connectivity index (χ3v) is 4.86. The van der Waals surface area contributed by atoms with Gasteiger partial charge in [0.2, 0.25) is 5.95 Å². The summed E-state index contributed by atoms with van der Waals surface area (Å²) in [5, 5.41) is 6.99. The summed E-state index contributed by atoms with van der Waals surface area (Å²) in [6.07, 6.45) is 1.72. The van der Waals surface area contributed by atoms with Crippen molar-refractivity contribution < 1.29 is 0 Å². The van der Waals surface area contributed by atoms with Gasteiger partial charge in [-0.1, -0.05) is 60.1 Å². The van der Waals surface area contributed by atoms with Crippen molar-refractivity contribution in [3.63, 3.8) is 0 Å². The molecule has 0 aliphatic heterocycles. The molecule has 0 unspecified atom stereocenters. The lowest BCUT2D eigenvalue weighted by atomic mass is 10.1. The van der Waals surface area contributed by atoms with E-state index in [2.05, 4.69) is 31.5 Å². The molecule has 2 N–H and O–H groups in total. The molecule has 5 nitrogen and oxygen atoms in total. The summed E-state index contributed by atoms with van der Waals surface area (Å²) >= 11 is 6.20. The van der Waals surface area contributed by atoms with Crippen molar-refractivity contribution in [3.05, 3.63) is 89.6 Å². The van der Waals surface area contributed by atoms with Crippen molar-refractivity contribution in [2.75, 3.05) is 5.43 Å².